The lowest BCUT2D eigenvalue weighted by Crippen LogP contribution is -2.30. The number of halogens is 3. The van der Waals surface area contributed by atoms with Gasteiger partial charge in [-0.15, -0.1) is 0 Å². The third-order valence-corrected chi connectivity index (χ3v) is 4.12. The lowest BCUT2D eigenvalue weighted by Gasteiger charge is -2.08. The molecule has 0 atom stereocenters. The average molecular weight is 445 g/mol. The second kappa shape index (κ2) is 8.21. The van der Waals surface area contributed by atoms with Crippen LogP contribution in [0.25, 0.3) is 0 Å². The number of benzene rings is 2. The predicted octanol–water partition coefficient (Wildman–Crippen LogP) is 3.82. The molecule has 0 saturated carbocycles. The summed E-state index contributed by atoms with van der Waals surface area (Å²) in [5, 5.41) is 2.48. The van der Waals surface area contributed by atoms with Gasteiger partial charge in [-0.25, -0.2) is 4.39 Å². The van der Waals surface area contributed by atoms with Gasteiger partial charge in [0.15, 0.2) is 0 Å². The normalized spacial score (nSPS) is 10.2. The summed E-state index contributed by atoms with van der Waals surface area (Å²) in [5.41, 5.74) is 1.08. The van der Waals surface area contributed by atoms with Crippen LogP contribution in [-0.2, 0) is 16.1 Å². The van der Waals surface area contributed by atoms with Crippen LogP contribution in [0.4, 0.5) is 4.39 Å². The zero-order valence-corrected chi connectivity index (χ0v) is 15.0. The Kier molecular flexibility index (Phi) is 6.29. The van der Waals surface area contributed by atoms with Crippen molar-refractivity contribution in [3.05, 3.63) is 68.4 Å². The fourth-order valence-corrected chi connectivity index (χ4v) is 2.60. The molecule has 1 amide bonds. The average Bonchev–Trinajstić information content (AvgIpc) is 2.51. The Bertz CT molecular complexity index is 737. The maximum atomic E-state index is 13.0. The van der Waals surface area contributed by atoms with Crippen LogP contribution in [0.3, 0.4) is 0 Å². The molecule has 0 unspecified atom stereocenters. The SMILES string of the molecule is O=C(CNC(=O)c1cccc(Br)c1)OCc1ccc(F)cc1Br. The van der Waals surface area contributed by atoms with Crippen molar-refractivity contribution in [2.75, 3.05) is 6.54 Å². The van der Waals surface area contributed by atoms with Gasteiger partial charge in [0.2, 0.25) is 0 Å². The quantitative estimate of drug-likeness (QED) is 0.713. The Morgan fingerprint density at radius 3 is 2.61 bits per heavy atom. The van der Waals surface area contributed by atoms with Gasteiger partial charge >= 0.3 is 5.97 Å². The van der Waals surface area contributed by atoms with E-state index in [1.807, 2.05) is 0 Å². The fraction of sp³-hybridized carbons (Fsp3) is 0.125. The highest BCUT2D eigenvalue weighted by molar-refractivity contribution is 9.10. The first-order chi connectivity index (χ1) is 11.0. The van der Waals surface area contributed by atoms with E-state index in [4.69, 9.17) is 4.74 Å². The summed E-state index contributed by atoms with van der Waals surface area (Å²) in [6.07, 6.45) is 0. The Labute approximate surface area is 149 Å². The Morgan fingerprint density at radius 2 is 1.91 bits per heavy atom. The smallest absolute Gasteiger partial charge is 0.325 e. The molecule has 0 fully saturated rings. The van der Waals surface area contributed by atoms with E-state index in [0.717, 1.165) is 4.47 Å². The zero-order valence-electron chi connectivity index (χ0n) is 11.8. The van der Waals surface area contributed by atoms with Crippen LogP contribution in [0.5, 0.6) is 0 Å². The molecule has 7 heteroatoms. The van der Waals surface area contributed by atoms with E-state index in [0.29, 0.717) is 15.6 Å². The number of carbonyl (C=O) groups excluding carboxylic acids is 2. The van der Waals surface area contributed by atoms with Gasteiger partial charge in [-0.3, -0.25) is 9.59 Å². The van der Waals surface area contributed by atoms with Crippen LogP contribution in [0.2, 0.25) is 0 Å². The Hall–Kier alpha value is -1.73. The molecule has 0 radical (unpaired) electrons. The van der Waals surface area contributed by atoms with Gasteiger partial charge in [-0.2, -0.15) is 0 Å². The second-order valence-electron chi connectivity index (χ2n) is 4.59. The van der Waals surface area contributed by atoms with Gasteiger partial charge in [0.25, 0.3) is 5.91 Å². The maximum Gasteiger partial charge on any atom is 0.325 e. The highest BCUT2D eigenvalue weighted by Crippen LogP contribution is 2.18. The summed E-state index contributed by atoms with van der Waals surface area (Å²) in [4.78, 5) is 23.5. The van der Waals surface area contributed by atoms with Crippen LogP contribution < -0.4 is 5.32 Å². The molecule has 2 rings (SSSR count). The first-order valence-corrected chi connectivity index (χ1v) is 8.17. The van der Waals surface area contributed by atoms with Crippen LogP contribution >= 0.6 is 31.9 Å². The van der Waals surface area contributed by atoms with E-state index >= 15 is 0 Å². The first-order valence-electron chi connectivity index (χ1n) is 6.59. The minimum atomic E-state index is -0.579. The molecule has 0 aromatic heterocycles. The molecular formula is C16H12Br2FNO3. The fourth-order valence-electron chi connectivity index (χ4n) is 1.73. The Balaban J connectivity index is 1.82. The molecule has 0 saturated heterocycles. The second-order valence-corrected chi connectivity index (χ2v) is 6.36. The zero-order chi connectivity index (χ0) is 16.8. The van der Waals surface area contributed by atoms with E-state index in [2.05, 4.69) is 37.2 Å². The van der Waals surface area contributed by atoms with Crippen LogP contribution in [-0.4, -0.2) is 18.4 Å². The number of esters is 1. The van der Waals surface area contributed by atoms with E-state index in [-0.39, 0.29) is 24.9 Å². The Morgan fingerprint density at radius 1 is 1.13 bits per heavy atom. The van der Waals surface area contributed by atoms with Crippen LogP contribution in [0.15, 0.2) is 51.4 Å². The number of rotatable bonds is 5. The van der Waals surface area contributed by atoms with Crippen molar-refractivity contribution in [1.29, 1.82) is 0 Å². The van der Waals surface area contributed by atoms with Crippen molar-refractivity contribution in [2.45, 2.75) is 6.61 Å². The summed E-state index contributed by atoms with van der Waals surface area (Å²) in [6.45, 7) is -0.253. The summed E-state index contributed by atoms with van der Waals surface area (Å²) < 4.78 is 19.3. The summed E-state index contributed by atoms with van der Waals surface area (Å²) in [7, 11) is 0. The first kappa shape index (κ1) is 17.6. The van der Waals surface area contributed by atoms with Crippen molar-refractivity contribution in [3.8, 4) is 0 Å². The number of hydrogen-bond donors (Lipinski definition) is 1. The van der Waals surface area contributed by atoms with Gasteiger partial charge in [0.1, 0.15) is 19.0 Å². The van der Waals surface area contributed by atoms with Crippen LogP contribution in [0, 0.1) is 5.82 Å². The van der Waals surface area contributed by atoms with E-state index in [9.17, 15) is 14.0 Å². The minimum absolute atomic E-state index is 0.00749. The third kappa shape index (κ3) is 5.44. The van der Waals surface area contributed by atoms with E-state index in [1.54, 1.807) is 24.3 Å². The number of amides is 1. The lowest BCUT2D eigenvalue weighted by atomic mass is 10.2. The summed E-state index contributed by atoms with van der Waals surface area (Å²) in [6, 6.07) is 10.9. The topological polar surface area (TPSA) is 55.4 Å². The van der Waals surface area contributed by atoms with Gasteiger partial charge in [-0.05, 0) is 30.3 Å². The monoisotopic (exact) mass is 443 g/mol. The maximum absolute atomic E-state index is 13.0. The van der Waals surface area contributed by atoms with Crippen LogP contribution in [0.1, 0.15) is 15.9 Å². The van der Waals surface area contributed by atoms with E-state index < -0.39 is 5.97 Å². The highest BCUT2D eigenvalue weighted by atomic mass is 79.9. The predicted molar refractivity (Wildman–Crippen MR) is 90.4 cm³/mol. The van der Waals surface area contributed by atoms with Gasteiger partial charge < -0.3 is 10.1 Å². The van der Waals surface area contributed by atoms with Gasteiger partial charge in [0, 0.05) is 20.1 Å². The summed E-state index contributed by atoms with van der Waals surface area (Å²) in [5.74, 6) is -1.33. The molecule has 0 aliphatic rings. The third-order valence-electron chi connectivity index (χ3n) is 2.88. The molecule has 1 N–H and O–H groups in total. The molecule has 0 heterocycles. The van der Waals surface area contributed by atoms with Crippen molar-refractivity contribution in [1.82, 2.24) is 5.32 Å². The molecule has 0 aliphatic heterocycles. The molecular weight excluding hydrogens is 433 g/mol. The molecule has 2 aromatic carbocycles. The van der Waals surface area contributed by atoms with Crippen molar-refractivity contribution < 1.29 is 18.7 Å². The molecule has 0 bridgehead atoms. The van der Waals surface area contributed by atoms with Crippen molar-refractivity contribution in [2.24, 2.45) is 0 Å². The van der Waals surface area contributed by atoms with Gasteiger partial charge in [0.05, 0.1) is 0 Å². The molecule has 0 aliphatic carbocycles. The molecule has 2 aromatic rings. The minimum Gasteiger partial charge on any atom is -0.459 e. The molecule has 120 valence electrons. The standard InChI is InChI=1S/C16H12Br2FNO3/c17-12-3-1-2-10(6-12)16(22)20-8-15(21)23-9-11-4-5-13(19)7-14(11)18/h1-7H,8-9H2,(H,20,22). The van der Waals surface area contributed by atoms with Crippen molar-refractivity contribution in [3.63, 3.8) is 0 Å². The summed E-state index contributed by atoms with van der Waals surface area (Å²) >= 11 is 6.46. The van der Waals surface area contributed by atoms with Gasteiger partial charge in [-0.1, -0.05) is 44.0 Å². The molecule has 4 nitrogen and oxygen atoms in total. The number of nitrogens with one attached hydrogen (secondary N) is 1. The molecule has 23 heavy (non-hydrogen) atoms. The largest absolute Gasteiger partial charge is 0.459 e. The van der Waals surface area contributed by atoms with Crippen molar-refractivity contribution >= 4 is 43.7 Å². The van der Waals surface area contributed by atoms with E-state index in [1.165, 1.54) is 18.2 Å². The number of carbonyl (C=O) groups is 2. The number of ether oxygens (including phenoxy) is 1. The lowest BCUT2D eigenvalue weighted by molar-refractivity contribution is -0.143. The number of hydrogen-bond acceptors (Lipinski definition) is 3. The molecule has 0 spiro atoms. The highest BCUT2D eigenvalue weighted by Gasteiger charge is 2.10.